The summed E-state index contributed by atoms with van der Waals surface area (Å²) in [5.41, 5.74) is 3.28. The van der Waals surface area contributed by atoms with Crippen molar-refractivity contribution in [1.82, 2.24) is 14.8 Å². The van der Waals surface area contributed by atoms with Crippen molar-refractivity contribution in [2.45, 2.75) is 45.6 Å². The van der Waals surface area contributed by atoms with Crippen molar-refractivity contribution in [1.29, 1.82) is 0 Å². The van der Waals surface area contributed by atoms with Gasteiger partial charge in [0, 0.05) is 12.2 Å². The number of hydrogen-bond donors (Lipinski definition) is 1. The number of fused-ring (bicyclic) bond motifs is 3. The molecule has 0 aromatic carbocycles. The largest absolute Gasteiger partial charge is 0.343 e. The summed E-state index contributed by atoms with van der Waals surface area (Å²) in [4.78, 5) is 11.8. The number of aromatic amines is 1. The Hall–Kier alpha value is -1.58. The van der Waals surface area contributed by atoms with Gasteiger partial charge in [-0.25, -0.2) is 5.10 Å². The summed E-state index contributed by atoms with van der Waals surface area (Å²) in [5, 5.41) is 7.65. The van der Waals surface area contributed by atoms with Crippen LogP contribution >= 0.6 is 0 Å². The maximum Gasteiger partial charge on any atom is 0.273 e. The maximum absolute atomic E-state index is 11.8. The van der Waals surface area contributed by atoms with E-state index in [9.17, 15) is 4.79 Å². The molecule has 0 saturated carbocycles. The highest BCUT2D eigenvalue weighted by atomic mass is 16.1. The van der Waals surface area contributed by atoms with Gasteiger partial charge in [-0.2, -0.15) is 5.10 Å². The third-order valence-electron chi connectivity index (χ3n) is 3.56. The fourth-order valence-corrected chi connectivity index (χ4v) is 2.72. The molecular weight excluding hydrogens is 214 g/mol. The van der Waals surface area contributed by atoms with Crippen molar-refractivity contribution in [2.75, 3.05) is 0 Å². The van der Waals surface area contributed by atoms with Crippen LogP contribution in [0.5, 0.6) is 0 Å². The van der Waals surface area contributed by atoms with Crippen molar-refractivity contribution in [2.24, 2.45) is 0 Å². The molecule has 0 fully saturated rings. The topological polar surface area (TPSA) is 50.7 Å². The molecule has 0 amide bonds. The molecule has 1 aliphatic heterocycles. The van der Waals surface area contributed by atoms with Crippen molar-refractivity contribution in [3.63, 3.8) is 0 Å². The number of H-pyrrole nitrogens is 1. The first-order chi connectivity index (χ1) is 8.18. The lowest BCUT2D eigenvalue weighted by molar-refractivity contribution is 0.542. The van der Waals surface area contributed by atoms with Gasteiger partial charge in [-0.3, -0.25) is 4.79 Å². The van der Waals surface area contributed by atoms with Crippen LogP contribution in [0.1, 0.15) is 44.0 Å². The number of nitrogens with zero attached hydrogens (tertiary/aromatic N) is 2. The Balaban J connectivity index is 2.41. The Morgan fingerprint density at radius 1 is 1.41 bits per heavy atom. The Kier molecular flexibility index (Phi) is 2.31. The quantitative estimate of drug-likeness (QED) is 0.817. The van der Waals surface area contributed by atoms with Crippen LogP contribution in [-0.4, -0.2) is 14.8 Å². The van der Waals surface area contributed by atoms with Crippen molar-refractivity contribution >= 4 is 10.9 Å². The van der Waals surface area contributed by atoms with Crippen LogP contribution in [-0.2, 0) is 13.0 Å². The average molecular weight is 231 g/mol. The molecule has 0 radical (unpaired) electrons. The third kappa shape index (κ3) is 1.51. The number of aryl methyl sites for hydroxylation is 2. The van der Waals surface area contributed by atoms with Gasteiger partial charge in [0.25, 0.3) is 5.56 Å². The molecule has 0 aliphatic carbocycles. The van der Waals surface area contributed by atoms with Crippen LogP contribution in [0, 0.1) is 0 Å². The second-order valence-corrected chi connectivity index (χ2v) is 5.10. The van der Waals surface area contributed by atoms with E-state index in [-0.39, 0.29) is 5.56 Å². The molecule has 4 nitrogen and oxygen atoms in total. The molecule has 1 aliphatic rings. The van der Waals surface area contributed by atoms with Crippen LogP contribution in [0.2, 0.25) is 0 Å². The van der Waals surface area contributed by atoms with Crippen LogP contribution in [0.15, 0.2) is 10.9 Å². The van der Waals surface area contributed by atoms with Gasteiger partial charge < -0.3 is 4.57 Å². The van der Waals surface area contributed by atoms with Gasteiger partial charge in [-0.1, -0.05) is 13.8 Å². The highest BCUT2D eigenvalue weighted by molar-refractivity contribution is 5.82. The number of hydrogen-bond acceptors (Lipinski definition) is 2. The lowest BCUT2D eigenvalue weighted by atomic mass is 10.1. The van der Waals surface area contributed by atoms with Crippen LogP contribution in [0.3, 0.4) is 0 Å². The van der Waals surface area contributed by atoms with Gasteiger partial charge in [-0.05, 0) is 31.2 Å². The van der Waals surface area contributed by atoms with Gasteiger partial charge in [0.15, 0.2) is 0 Å². The molecule has 0 bridgehead atoms. The number of aromatic nitrogens is 3. The lowest BCUT2D eigenvalue weighted by Gasteiger charge is -2.17. The molecule has 3 heterocycles. The molecule has 2 aromatic heterocycles. The zero-order valence-electron chi connectivity index (χ0n) is 10.3. The molecule has 17 heavy (non-hydrogen) atoms. The highest BCUT2D eigenvalue weighted by Gasteiger charge is 2.19. The zero-order chi connectivity index (χ0) is 12.0. The van der Waals surface area contributed by atoms with Gasteiger partial charge in [-0.15, -0.1) is 0 Å². The van der Waals surface area contributed by atoms with Crippen molar-refractivity contribution in [3.05, 3.63) is 27.8 Å². The SMILES string of the molecule is CC(C)c1n[nH]c(=O)c2cc3n(c12)CCCC3. The van der Waals surface area contributed by atoms with E-state index in [2.05, 4.69) is 28.6 Å². The van der Waals surface area contributed by atoms with E-state index in [1.54, 1.807) is 0 Å². The second kappa shape index (κ2) is 3.72. The van der Waals surface area contributed by atoms with Gasteiger partial charge in [0.05, 0.1) is 16.6 Å². The average Bonchev–Trinajstić information content (AvgIpc) is 2.69. The van der Waals surface area contributed by atoms with E-state index in [1.807, 2.05) is 6.07 Å². The van der Waals surface area contributed by atoms with E-state index in [0.717, 1.165) is 29.6 Å². The van der Waals surface area contributed by atoms with Gasteiger partial charge in [0.2, 0.25) is 0 Å². The van der Waals surface area contributed by atoms with Gasteiger partial charge >= 0.3 is 0 Å². The summed E-state index contributed by atoms with van der Waals surface area (Å²) >= 11 is 0. The Morgan fingerprint density at radius 3 is 3.00 bits per heavy atom. The fraction of sp³-hybridized carbons (Fsp3) is 0.538. The predicted octanol–water partition coefficient (Wildman–Crippen LogP) is 2.18. The van der Waals surface area contributed by atoms with E-state index in [0.29, 0.717) is 5.92 Å². The normalized spacial score (nSPS) is 15.5. The Bertz CT molecular complexity index is 621. The summed E-state index contributed by atoms with van der Waals surface area (Å²) in [6.45, 7) is 5.25. The Morgan fingerprint density at radius 2 is 2.24 bits per heavy atom. The lowest BCUT2D eigenvalue weighted by Crippen LogP contribution is -2.14. The molecule has 1 N–H and O–H groups in total. The Labute approximate surface area is 99.7 Å². The molecule has 90 valence electrons. The predicted molar refractivity (Wildman–Crippen MR) is 67.4 cm³/mol. The van der Waals surface area contributed by atoms with E-state index in [4.69, 9.17) is 0 Å². The first kappa shape index (κ1) is 10.6. The third-order valence-corrected chi connectivity index (χ3v) is 3.56. The molecule has 3 rings (SSSR count). The number of nitrogens with one attached hydrogen (secondary N) is 1. The first-order valence-corrected chi connectivity index (χ1v) is 6.29. The molecule has 0 saturated heterocycles. The minimum absolute atomic E-state index is 0.0636. The first-order valence-electron chi connectivity index (χ1n) is 6.29. The van der Waals surface area contributed by atoms with E-state index < -0.39 is 0 Å². The minimum atomic E-state index is -0.0636. The molecule has 0 unspecified atom stereocenters. The smallest absolute Gasteiger partial charge is 0.273 e. The standard InChI is InChI=1S/C13H17N3O/c1-8(2)11-12-10(13(17)15-14-11)7-9-5-3-4-6-16(9)12/h7-8H,3-6H2,1-2H3,(H,15,17). The monoisotopic (exact) mass is 231 g/mol. The molecule has 2 aromatic rings. The second-order valence-electron chi connectivity index (χ2n) is 5.10. The summed E-state index contributed by atoms with van der Waals surface area (Å²) < 4.78 is 2.29. The van der Waals surface area contributed by atoms with E-state index >= 15 is 0 Å². The number of rotatable bonds is 1. The minimum Gasteiger partial charge on any atom is -0.343 e. The molecule has 0 spiro atoms. The summed E-state index contributed by atoms with van der Waals surface area (Å²) in [6.07, 6.45) is 3.49. The molecular formula is C13H17N3O. The van der Waals surface area contributed by atoms with Crippen molar-refractivity contribution in [3.8, 4) is 0 Å². The summed E-state index contributed by atoms with van der Waals surface area (Å²) in [6, 6.07) is 2.04. The molecule has 4 heteroatoms. The van der Waals surface area contributed by atoms with Crippen molar-refractivity contribution < 1.29 is 0 Å². The summed E-state index contributed by atoms with van der Waals surface area (Å²) in [5.74, 6) is 0.329. The maximum atomic E-state index is 11.8. The zero-order valence-corrected chi connectivity index (χ0v) is 10.3. The van der Waals surface area contributed by atoms with Crippen LogP contribution in [0.25, 0.3) is 10.9 Å². The molecule has 0 atom stereocenters. The van der Waals surface area contributed by atoms with Crippen LogP contribution < -0.4 is 5.56 Å². The van der Waals surface area contributed by atoms with Gasteiger partial charge in [0.1, 0.15) is 0 Å². The van der Waals surface area contributed by atoms with E-state index in [1.165, 1.54) is 18.5 Å². The highest BCUT2D eigenvalue weighted by Crippen LogP contribution is 2.27. The summed E-state index contributed by atoms with van der Waals surface area (Å²) in [7, 11) is 0. The fourth-order valence-electron chi connectivity index (χ4n) is 2.72. The van der Waals surface area contributed by atoms with Crippen LogP contribution in [0.4, 0.5) is 0 Å².